The summed E-state index contributed by atoms with van der Waals surface area (Å²) in [4.78, 5) is 30.6. The zero-order valence-corrected chi connectivity index (χ0v) is 15.4. The number of hydrogen-bond donors (Lipinski definition) is 1. The summed E-state index contributed by atoms with van der Waals surface area (Å²) in [5, 5.41) is 2.96. The number of nitrogens with zero attached hydrogens (tertiary/aromatic N) is 2. The molecule has 2 aliphatic rings. The molecule has 1 aliphatic heterocycles. The number of carbonyl (C=O) groups is 2. The molecule has 1 saturated carbocycles. The number of rotatable bonds is 7. The summed E-state index contributed by atoms with van der Waals surface area (Å²) in [6, 6.07) is 7.59. The van der Waals surface area contributed by atoms with Crippen molar-refractivity contribution in [2.45, 2.75) is 37.5 Å². The van der Waals surface area contributed by atoms with Crippen LogP contribution in [-0.4, -0.2) is 46.3 Å². The highest BCUT2D eigenvalue weighted by atomic mass is 32.2. The van der Waals surface area contributed by atoms with Gasteiger partial charge in [0.05, 0.1) is 18.8 Å². The highest BCUT2D eigenvalue weighted by Gasteiger charge is 2.39. The zero-order chi connectivity index (χ0) is 18.5. The summed E-state index contributed by atoms with van der Waals surface area (Å²) in [6.45, 7) is 2.66. The molecule has 1 atom stereocenters. The molecule has 2 amide bonds. The second-order valence-electron chi connectivity index (χ2n) is 6.10. The van der Waals surface area contributed by atoms with Crippen molar-refractivity contribution in [1.29, 1.82) is 0 Å². The fourth-order valence-electron chi connectivity index (χ4n) is 2.54. The average molecular weight is 371 g/mol. The molecule has 1 aliphatic carbocycles. The van der Waals surface area contributed by atoms with Crippen LogP contribution in [0, 0.1) is 12.3 Å². The number of benzene rings is 1. The molecule has 2 fully saturated rings. The van der Waals surface area contributed by atoms with Crippen LogP contribution in [-0.2, 0) is 9.59 Å². The molecule has 1 saturated heterocycles. The van der Waals surface area contributed by atoms with Crippen molar-refractivity contribution in [2.24, 2.45) is 4.99 Å². The molecule has 0 bridgehead atoms. The number of amidine groups is 1. The Morgan fingerprint density at radius 1 is 1.42 bits per heavy atom. The Morgan fingerprint density at radius 2 is 2.15 bits per heavy atom. The van der Waals surface area contributed by atoms with Gasteiger partial charge in [0.15, 0.2) is 5.17 Å². The lowest BCUT2D eigenvalue weighted by molar-refractivity contribution is -0.129. The Labute approximate surface area is 157 Å². The minimum atomic E-state index is -0.483. The van der Waals surface area contributed by atoms with Crippen LogP contribution in [0.4, 0.5) is 5.69 Å². The van der Waals surface area contributed by atoms with Gasteiger partial charge in [0.1, 0.15) is 11.0 Å². The molecule has 1 unspecified atom stereocenters. The van der Waals surface area contributed by atoms with Crippen molar-refractivity contribution in [2.75, 3.05) is 13.2 Å². The predicted octanol–water partition coefficient (Wildman–Crippen LogP) is 2.32. The van der Waals surface area contributed by atoms with Crippen LogP contribution in [0.2, 0.25) is 0 Å². The molecular formula is C19H21N3O3S. The first-order valence-corrected chi connectivity index (χ1v) is 9.51. The second-order valence-corrected chi connectivity index (χ2v) is 7.27. The first-order valence-electron chi connectivity index (χ1n) is 8.63. The first-order chi connectivity index (χ1) is 12.6. The topological polar surface area (TPSA) is 71.0 Å². The third kappa shape index (κ3) is 4.58. The number of aliphatic imine (C=N–C) groups is 1. The summed E-state index contributed by atoms with van der Waals surface area (Å²) in [6.07, 6.45) is 7.58. The first kappa shape index (κ1) is 18.3. The Balaban J connectivity index is 1.72. The van der Waals surface area contributed by atoms with Gasteiger partial charge in [-0.2, -0.15) is 0 Å². The Kier molecular flexibility index (Phi) is 5.84. The van der Waals surface area contributed by atoms with Gasteiger partial charge in [-0.3, -0.25) is 14.5 Å². The van der Waals surface area contributed by atoms with Gasteiger partial charge < -0.3 is 10.1 Å². The third-order valence-corrected chi connectivity index (χ3v) is 5.13. The highest BCUT2D eigenvalue weighted by molar-refractivity contribution is 8.15. The van der Waals surface area contributed by atoms with Crippen LogP contribution in [0.3, 0.4) is 0 Å². The number of hydrogen-bond acceptors (Lipinski definition) is 5. The molecule has 26 heavy (non-hydrogen) atoms. The van der Waals surface area contributed by atoms with Crippen LogP contribution in [0.1, 0.15) is 26.2 Å². The SMILES string of the molecule is C#CCN1C(=O)C(CC(=O)NC2CC2)SC1=Nc1ccc(OCC)cc1. The standard InChI is InChI=1S/C19H21N3O3S/c1-3-11-22-18(24)16(12-17(23)20-13-5-6-13)26-19(22)21-14-7-9-15(10-8-14)25-4-2/h1,7-10,13,16H,4-6,11-12H2,2H3,(H,20,23). The quantitative estimate of drug-likeness (QED) is 0.747. The summed E-state index contributed by atoms with van der Waals surface area (Å²) in [7, 11) is 0. The van der Waals surface area contributed by atoms with E-state index in [4.69, 9.17) is 11.2 Å². The number of amides is 2. The average Bonchev–Trinajstić information content (AvgIpc) is 3.39. The van der Waals surface area contributed by atoms with Crippen LogP contribution < -0.4 is 10.1 Å². The number of ether oxygens (including phenoxy) is 1. The van der Waals surface area contributed by atoms with Crippen LogP contribution >= 0.6 is 11.8 Å². The van der Waals surface area contributed by atoms with Crippen molar-refractivity contribution in [3.8, 4) is 18.1 Å². The summed E-state index contributed by atoms with van der Waals surface area (Å²) >= 11 is 1.29. The monoisotopic (exact) mass is 371 g/mol. The molecule has 1 aromatic carbocycles. The maximum absolute atomic E-state index is 12.6. The molecule has 0 radical (unpaired) electrons. The van der Waals surface area contributed by atoms with Crippen LogP contribution in [0.25, 0.3) is 0 Å². The lowest BCUT2D eigenvalue weighted by Crippen LogP contribution is -2.35. The van der Waals surface area contributed by atoms with Crippen molar-refractivity contribution in [1.82, 2.24) is 10.2 Å². The number of thioether (sulfide) groups is 1. The minimum Gasteiger partial charge on any atom is -0.494 e. The van der Waals surface area contributed by atoms with E-state index in [1.807, 2.05) is 31.2 Å². The Morgan fingerprint density at radius 3 is 2.77 bits per heavy atom. The van der Waals surface area contributed by atoms with E-state index in [0.717, 1.165) is 18.6 Å². The molecule has 0 spiro atoms. The van der Waals surface area contributed by atoms with Crippen molar-refractivity contribution < 1.29 is 14.3 Å². The maximum atomic E-state index is 12.6. The Hall–Kier alpha value is -2.46. The molecule has 136 valence electrons. The van der Waals surface area contributed by atoms with E-state index in [-0.39, 0.29) is 30.8 Å². The zero-order valence-electron chi connectivity index (χ0n) is 14.6. The van der Waals surface area contributed by atoms with Crippen molar-refractivity contribution in [3.05, 3.63) is 24.3 Å². The van der Waals surface area contributed by atoms with Gasteiger partial charge >= 0.3 is 0 Å². The van der Waals surface area contributed by atoms with Gasteiger partial charge in [-0.25, -0.2) is 4.99 Å². The van der Waals surface area contributed by atoms with Crippen LogP contribution in [0.5, 0.6) is 5.75 Å². The Bertz CT molecular complexity index is 750. The summed E-state index contributed by atoms with van der Waals surface area (Å²) in [5.41, 5.74) is 0.703. The normalized spacial score (nSPS) is 20.9. The van der Waals surface area contributed by atoms with E-state index >= 15 is 0 Å². The molecule has 1 heterocycles. The highest BCUT2D eigenvalue weighted by Crippen LogP contribution is 2.32. The third-order valence-electron chi connectivity index (χ3n) is 3.96. The predicted molar refractivity (Wildman–Crippen MR) is 102 cm³/mol. The van der Waals surface area contributed by atoms with Gasteiger partial charge in [0.25, 0.3) is 0 Å². The summed E-state index contributed by atoms with van der Waals surface area (Å²) < 4.78 is 5.42. The van der Waals surface area contributed by atoms with E-state index in [1.54, 1.807) is 0 Å². The van der Waals surface area contributed by atoms with Gasteiger partial charge in [0, 0.05) is 12.5 Å². The van der Waals surface area contributed by atoms with E-state index < -0.39 is 5.25 Å². The van der Waals surface area contributed by atoms with Crippen LogP contribution in [0.15, 0.2) is 29.3 Å². The number of nitrogens with one attached hydrogen (secondary N) is 1. The molecule has 7 heteroatoms. The van der Waals surface area contributed by atoms with Gasteiger partial charge in [-0.05, 0) is 44.0 Å². The smallest absolute Gasteiger partial charge is 0.243 e. The largest absolute Gasteiger partial charge is 0.494 e. The molecule has 6 nitrogen and oxygen atoms in total. The maximum Gasteiger partial charge on any atom is 0.243 e. The molecule has 0 aromatic heterocycles. The fraction of sp³-hybridized carbons (Fsp3) is 0.421. The van der Waals surface area contributed by atoms with Gasteiger partial charge in [-0.1, -0.05) is 17.7 Å². The molecule has 1 aromatic rings. The van der Waals surface area contributed by atoms with Crippen molar-refractivity contribution >= 4 is 34.4 Å². The number of terminal acetylenes is 1. The molecule has 1 N–H and O–H groups in total. The van der Waals surface area contributed by atoms with E-state index in [2.05, 4.69) is 16.2 Å². The molecule has 3 rings (SSSR count). The lowest BCUT2D eigenvalue weighted by Gasteiger charge is -2.12. The minimum absolute atomic E-state index is 0.0960. The fourth-order valence-corrected chi connectivity index (χ4v) is 3.70. The van der Waals surface area contributed by atoms with E-state index in [1.165, 1.54) is 16.7 Å². The summed E-state index contributed by atoms with van der Waals surface area (Å²) in [5.74, 6) is 2.99. The van der Waals surface area contributed by atoms with Gasteiger partial charge in [-0.15, -0.1) is 6.42 Å². The van der Waals surface area contributed by atoms with Gasteiger partial charge in [0.2, 0.25) is 11.8 Å². The molecular weight excluding hydrogens is 350 g/mol. The van der Waals surface area contributed by atoms with E-state index in [9.17, 15) is 9.59 Å². The number of carbonyl (C=O) groups excluding carboxylic acids is 2. The van der Waals surface area contributed by atoms with E-state index in [0.29, 0.717) is 17.5 Å². The van der Waals surface area contributed by atoms with Crippen molar-refractivity contribution in [3.63, 3.8) is 0 Å². The lowest BCUT2D eigenvalue weighted by atomic mass is 10.2. The second kappa shape index (κ2) is 8.28.